The summed E-state index contributed by atoms with van der Waals surface area (Å²) in [6.07, 6.45) is -4.79. The van der Waals surface area contributed by atoms with E-state index in [0.29, 0.717) is 30.4 Å². The molecule has 9 heteroatoms. The summed E-state index contributed by atoms with van der Waals surface area (Å²) in [6.45, 7) is 7.32. The van der Waals surface area contributed by atoms with Gasteiger partial charge in [-0.2, -0.15) is 0 Å². The second kappa shape index (κ2) is 9.95. The Hall–Kier alpha value is -1.17. The summed E-state index contributed by atoms with van der Waals surface area (Å²) < 4.78 is 11.4. The van der Waals surface area contributed by atoms with E-state index in [1.165, 1.54) is 0 Å². The standard InChI is InChI=1S/C26H40O9/c1-11-5-14-15(6-12(2)20(14)29)21(30)13(3)7-16-17(8-18(11)28)26(16,4)10-34-25-24(33)23(32)22(31)19(9-27)35-25/h5,12-13,16-19,21-25,27-28,30-33H,6-10H2,1-4H3/t12-,13+,16+,17-,18+,19+,21-,22+,23-,24+,25+,26-/m0/s1. The summed E-state index contributed by atoms with van der Waals surface area (Å²) in [5.74, 6) is -0.0837. The smallest absolute Gasteiger partial charge is 0.186 e. The van der Waals surface area contributed by atoms with Crippen molar-refractivity contribution in [2.24, 2.45) is 29.1 Å². The van der Waals surface area contributed by atoms with Crippen LogP contribution in [-0.2, 0) is 14.3 Å². The van der Waals surface area contributed by atoms with E-state index in [-0.39, 0.29) is 41.5 Å². The first-order valence-electron chi connectivity index (χ1n) is 12.6. The average molecular weight is 497 g/mol. The molecule has 1 aliphatic heterocycles. The molecular weight excluding hydrogens is 456 g/mol. The van der Waals surface area contributed by atoms with Crippen molar-refractivity contribution in [3.63, 3.8) is 0 Å². The molecule has 0 aromatic rings. The van der Waals surface area contributed by atoms with E-state index >= 15 is 0 Å². The van der Waals surface area contributed by atoms with Gasteiger partial charge in [0.2, 0.25) is 0 Å². The van der Waals surface area contributed by atoms with Gasteiger partial charge in [-0.1, -0.05) is 20.8 Å². The molecule has 198 valence electrons. The quantitative estimate of drug-likeness (QED) is 0.317. The molecule has 4 rings (SSSR count). The predicted molar refractivity (Wildman–Crippen MR) is 125 cm³/mol. The number of hydrogen-bond acceptors (Lipinski definition) is 9. The van der Waals surface area contributed by atoms with Gasteiger partial charge in [-0.3, -0.25) is 4.79 Å². The maximum Gasteiger partial charge on any atom is 0.186 e. The minimum Gasteiger partial charge on any atom is -0.394 e. The molecule has 4 aliphatic rings. The minimum atomic E-state index is -1.51. The van der Waals surface area contributed by atoms with E-state index in [9.17, 15) is 35.4 Å². The van der Waals surface area contributed by atoms with Gasteiger partial charge in [0.05, 0.1) is 25.4 Å². The molecule has 6 N–H and O–H groups in total. The number of hydrogen-bond donors (Lipinski definition) is 6. The SMILES string of the molecule is CC1=CC2=C(C[C@H](C)C2=O)[C@@H](O)[C@H](C)C[C@@H]2[C@H](C[C@H]1O)[C@@]2(C)CO[C@@H]1O[C@H](CO)[C@@H](O)[C@H](O)[C@H]1O. The van der Waals surface area contributed by atoms with Crippen molar-refractivity contribution in [3.05, 3.63) is 22.8 Å². The fourth-order valence-electron chi connectivity index (χ4n) is 6.34. The van der Waals surface area contributed by atoms with Crippen LogP contribution < -0.4 is 0 Å². The maximum atomic E-state index is 12.7. The highest BCUT2D eigenvalue weighted by molar-refractivity contribution is 6.03. The molecule has 1 saturated heterocycles. The molecular formula is C26H40O9. The largest absolute Gasteiger partial charge is 0.394 e. The third kappa shape index (κ3) is 4.78. The van der Waals surface area contributed by atoms with Crippen molar-refractivity contribution in [2.75, 3.05) is 13.2 Å². The topological polar surface area (TPSA) is 157 Å². The number of carbonyl (C=O) groups is 1. The molecule has 2 fully saturated rings. The van der Waals surface area contributed by atoms with E-state index in [2.05, 4.69) is 0 Å². The molecule has 0 aromatic carbocycles. The van der Waals surface area contributed by atoms with Crippen LogP contribution in [0.4, 0.5) is 0 Å². The third-order valence-electron chi connectivity index (χ3n) is 8.96. The van der Waals surface area contributed by atoms with E-state index in [1.807, 2.05) is 20.8 Å². The first kappa shape index (κ1) is 26.9. The van der Waals surface area contributed by atoms with E-state index in [1.54, 1.807) is 13.0 Å². The average Bonchev–Trinajstić information content (AvgIpc) is 3.25. The number of aliphatic hydroxyl groups excluding tert-OH is 6. The highest BCUT2D eigenvalue weighted by atomic mass is 16.7. The Morgan fingerprint density at radius 2 is 1.71 bits per heavy atom. The van der Waals surface area contributed by atoms with Gasteiger partial charge in [-0.05, 0) is 66.6 Å². The summed E-state index contributed by atoms with van der Waals surface area (Å²) in [6, 6.07) is 0. The highest BCUT2D eigenvalue weighted by Crippen LogP contribution is 2.64. The Labute approximate surface area is 206 Å². The van der Waals surface area contributed by atoms with Gasteiger partial charge < -0.3 is 40.1 Å². The Morgan fingerprint density at radius 3 is 2.37 bits per heavy atom. The van der Waals surface area contributed by atoms with Crippen molar-refractivity contribution in [2.45, 2.75) is 89.9 Å². The number of carbonyl (C=O) groups excluding carboxylic acids is 1. The normalized spacial score (nSPS) is 48.7. The Kier molecular flexibility index (Phi) is 7.64. The Bertz CT molecular complexity index is 882. The van der Waals surface area contributed by atoms with E-state index < -0.39 is 49.5 Å². The molecule has 35 heavy (non-hydrogen) atoms. The van der Waals surface area contributed by atoms with Crippen molar-refractivity contribution in [3.8, 4) is 0 Å². The van der Waals surface area contributed by atoms with Crippen molar-refractivity contribution >= 4 is 5.78 Å². The van der Waals surface area contributed by atoms with E-state index in [0.717, 1.165) is 5.57 Å². The molecule has 3 aliphatic carbocycles. The van der Waals surface area contributed by atoms with Crippen LogP contribution >= 0.6 is 0 Å². The van der Waals surface area contributed by atoms with Crippen LogP contribution in [0, 0.1) is 29.1 Å². The highest BCUT2D eigenvalue weighted by Gasteiger charge is 2.62. The molecule has 0 spiro atoms. The first-order chi connectivity index (χ1) is 16.4. The number of fused-ring (bicyclic) bond motifs is 1. The summed E-state index contributed by atoms with van der Waals surface area (Å²) in [5.41, 5.74) is 1.60. The molecule has 1 saturated carbocycles. The van der Waals surface area contributed by atoms with Gasteiger partial charge in [0.1, 0.15) is 24.4 Å². The van der Waals surface area contributed by atoms with Gasteiger partial charge >= 0.3 is 0 Å². The predicted octanol–water partition coefficient (Wildman–Crippen LogP) is 0.0587. The minimum absolute atomic E-state index is 0.0139. The molecule has 0 radical (unpaired) electrons. The number of ketones is 1. The number of Topliss-reactive ketones (excluding diaryl/α,β-unsaturated/α-hetero) is 1. The van der Waals surface area contributed by atoms with Gasteiger partial charge in [0.15, 0.2) is 12.1 Å². The summed E-state index contributed by atoms with van der Waals surface area (Å²) >= 11 is 0. The van der Waals surface area contributed by atoms with Gasteiger partial charge in [-0.15, -0.1) is 0 Å². The first-order valence-corrected chi connectivity index (χ1v) is 12.6. The molecule has 0 bridgehead atoms. The zero-order valence-corrected chi connectivity index (χ0v) is 20.9. The fourth-order valence-corrected chi connectivity index (χ4v) is 6.34. The summed E-state index contributed by atoms with van der Waals surface area (Å²) in [4.78, 5) is 12.7. The Morgan fingerprint density at radius 1 is 1.06 bits per heavy atom. The zero-order chi connectivity index (χ0) is 25.8. The van der Waals surface area contributed by atoms with Crippen LogP contribution in [0.2, 0.25) is 0 Å². The summed E-state index contributed by atoms with van der Waals surface area (Å²) in [7, 11) is 0. The second-order valence-electron chi connectivity index (χ2n) is 11.4. The van der Waals surface area contributed by atoms with Crippen LogP contribution in [0.15, 0.2) is 22.8 Å². The molecule has 12 atom stereocenters. The number of ether oxygens (including phenoxy) is 2. The lowest BCUT2D eigenvalue weighted by molar-refractivity contribution is -0.304. The lowest BCUT2D eigenvalue weighted by atomic mass is 9.88. The van der Waals surface area contributed by atoms with Crippen LogP contribution in [0.25, 0.3) is 0 Å². The third-order valence-corrected chi connectivity index (χ3v) is 8.96. The Balaban J connectivity index is 1.51. The maximum absolute atomic E-state index is 12.7. The fraction of sp³-hybridized carbons (Fsp3) is 0.808. The second-order valence-corrected chi connectivity index (χ2v) is 11.4. The van der Waals surface area contributed by atoms with Gasteiger partial charge in [0.25, 0.3) is 0 Å². The van der Waals surface area contributed by atoms with E-state index in [4.69, 9.17) is 9.47 Å². The van der Waals surface area contributed by atoms with Crippen molar-refractivity contribution in [1.29, 1.82) is 0 Å². The number of allylic oxidation sites excluding steroid dienone is 2. The van der Waals surface area contributed by atoms with Crippen LogP contribution in [0.1, 0.15) is 47.0 Å². The lowest BCUT2D eigenvalue weighted by Gasteiger charge is -2.40. The summed E-state index contributed by atoms with van der Waals surface area (Å²) in [5, 5.41) is 61.9. The monoisotopic (exact) mass is 496 g/mol. The molecule has 0 unspecified atom stereocenters. The lowest BCUT2D eigenvalue weighted by Crippen LogP contribution is -2.59. The van der Waals surface area contributed by atoms with Gasteiger partial charge in [-0.25, -0.2) is 0 Å². The number of rotatable bonds is 4. The zero-order valence-electron chi connectivity index (χ0n) is 20.9. The molecule has 9 nitrogen and oxygen atoms in total. The number of aliphatic hydroxyl groups is 6. The molecule has 0 amide bonds. The molecule has 0 aromatic heterocycles. The van der Waals surface area contributed by atoms with Gasteiger partial charge in [0, 0.05) is 11.5 Å². The van der Waals surface area contributed by atoms with Crippen molar-refractivity contribution < 1.29 is 44.9 Å². The van der Waals surface area contributed by atoms with Crippen molar-refractivity contribution in [1.82, 2.24) is 0 Å². The van der Waals surface area contributed by atoms with Crippen LogP contribution in [-0.4, -0.2) is 92.5 Å². The van der Waals surface area contributed by atoms with Crippen LogP contribution in [0.3, 0.4) is 0 Å². The molecule has 1 heterocycles. The van der Waals surface area contributed by atoms with Crippen LogP contribution in [0.5, 0.6) is 0 Å².